The third kappa shape index (κ3) is 14.3. The van der Waals surface area contributed by atoms with E-state index < -0.39 is 36.4 Å². The SMILES string of the molecule is CC(C)OC(=O)[C@H]([O-])[C@@H]([O-])C(=O)OC(C)C.[Br-].[Br-].[Mg+2].[Mg+2]. The van der Waals surface area contributed by atoms with Gasteiger partial charge in [-0.05, 0) is 39.9 Å². The molecule has 0 rings (SSSR count). The third-order valence-electron chi connectivity index (χ3n) is 1.44. The number of ether oxygens (including phenoxy) is 2. The van der Waals surface area contributed by atoms with Gasteiger partial charge in [-0.1, -0.05) is 0 Å². The van der Waals surface area contributed by atoms with Crippen LogP contribution in [-0.2, 0) is 19.1 Å². The molecule has 110 valence electrons. The van der Waals surface area contributed by atoms with Crippen molar-refractivity contribution in [3.05, 3.63) is 0 Å². The van der Waals surface area contributed by atoms with Crippen molar-refractivity contribution in [1.29, 1.82) is 0 Å². The first kappa shape index (κ1) is 33.1. The van der Waals surface area contributed by atoms with Crippen molar-refractivity contribution in [1.82, 2.24) is 0 Å². The van der Waals surface area contributed by atoms with E-state index in [-0.39, 0.29) is 80.1 Å². The van der Waals surface area contributed by atoms with Crippen molar-refractivity contribution >= 4 is 58.0 Å². The molecule has 0 aliphatic heterocycles. The van der Waals surface area contributed by atoms with Gasteiger partial charge in [0.15, 0.2) is 0 Å². The summed E-state index contributed by atoms with van der Waals surface area (Å²) in [5.74, 6) is -2.45. The smallest absolute Gasteiger partial charge is 1.00 e. The van der Waals surface area contributed by atoms with Gasteiger partial charge in [0.1, 0.15) is 0 Å². The summed E-state index contributed by atoms with van der Waals surface area (Å²) in [6, 6.07) is 0. The molecule has 0 spiro atoms. The minimum Gasteiger partial charge on any atom is -1.00 e. The second-order valence-corrected chi connectivity index (χ2v) is 3.81. The fourth-order valence-corrected chi connectivity index (χ4v) is 0.846. The number of carbonyl (C=O) groups is 2. The fraction of sp³-hybridized carbons (Fsp3) is 0.800. The van der Waals surface area contributed by atoms with Gasteiger partial charge in [0.25, 0.3) is 11.9 Å². The van der Waals surface area contributed by atoms with Crippen LogP contribution in [0.15, 0.2) is 0 Å². The van der Waals surface area contributed by atoms with Gasteiger partial charge in [-0.3, -0.25) is 9.59 Å². The van der Waals surface area contributed by atoms with Crippen molar-refractivity contribution < 1.29 is 63.2 Å². The van der Waals surface area contributed by atoms with Crippen LogP contribution < -0.4 is 44.2 Å². The fourth-order valence-electron chi connectivity index (χ4n) is 0.846. The van der Waals surface area contributed by atoms with Gasteiger partial charge >= 0.3 is 46.1 Å². The predicted octanol–water partition coefficient (Wildman–Crippen LogP) is -8.41. The van der Waals surface area contributed by atoms with E-state index in [0.29, 0.717) is 0 Å². The molecule has 0 bridgehead atoms. The summed E-state index contributed by atoms with van der Waals surface area (Å²) in [5, 5.41) is 22.4. The van der Waals surface area contributed by atoms with E-state index in [4.69, 9.17) is 0 Å². The van der Waals surface area contributed by atoms with E-state index in [9.17, 15) is 19.8 Å². The molecule has 0 aromatic rings. The zero-order valence-corrected chi connectivity index (χ0v) is 17.9. The Labute approximate surface area is 172 Å². The van der Waals surface area contributed by atoms with Crippen molar-refractivity contribution in [2.45, 2.75) is 52.1 Å². The van der Waals surface area contributed by atoms with Gasteiger partial charge in [-0.2, -0.15) is 0 Å². The average molecular weight is 441 g/mol. The van der Waals surface area contributed by atoms with E-state index in [2.05, 4.69) is 9.47 Å². The van der Waals surface area contributed by atoms with Crippen LogP contribution >= 0.6 is 0 Å². The van der Waals surface area contributed by atoms with E-state index >= 15 is 0 Å². The molecule has 0 fully saturated rings. The number of halogens is 2. The molecule has 6 nitrogen and oxygen atoms in total. The Bertz CT molecular complexity index is 240. The van der Waals surface area contributed by atoms with Crippen molar-refractivity contribution in [3.8, 4) is 0 Å². The van der Waals surface area contributed by atoms with E-state index in [1.807, 2.05) is 0 Å². The summed E-state index contributed by atoms with van der Waals surface area (Å²) in [6.45, 7) is 6.15. The Kier molecular flexibility index (Phi) is 27.6. The molecule has 0 radical (unpaired) electrons. The molecule has 0 N–H and O–H groups in total. The van der Waals surface area contributed by atoms with E-state index in [1.165, 1.54) is 27.7 Å². The van der Waals surface area contributed by atoms with Gasteiger partial charge in [0.2, 0.25) is 0 Å². The second-order valence-electron chi connectivity index (χ2n) is 3.81. The molecular formula is C10H16Br2Mg2O6. The van der Waals surface area contributed by atoms with Crippen LogP contribution in [0.5, 0.6) is 0 Å². The Morgan fingerprint density at radius 3 is 1.10 bits per heavy atom. The Hall–Kier alpha value is 1.35. The number of esters is 2. The zero-order chi connectivity index (χ0) is 12.9. The molecule has 0 aromatic carbocycles. The van der Waals surface area contributed by atoms with Crippen LogP contribution in [0, 0.1) is 0 Å². The van der Waals surface area contributed by atoms with Crippen LogP contribution in [0.3, 0.4) is 0 Å². The van der Waals surface area contributed by atoms with Gasteiger partial charge in [0.05, 0.1) is 12.2 Å². The minimum atomic E-state index is -2.28. The third-order valence-corrected chi connectivity index (χ3v) is 1.44. The summed E-state index contributed by atoms with van der Waals surface area (Å²) in [6.07, 6.45) is -5.57. The van der Waals surface area contributed by atoms with E-state index in [0.717, 1.165) is 0 Å². The first-order valence-corrected chi connectivity index (χ1v) is 4.98. The maximum Gasteiger partial charge on any atom is 2.00 e. The molecule has 20 heavy (non-hydrogen) atoms. The maximum atomic E-state index is 11.2. The van der Waals surface area contributed by atoms with E-state index in [1.54, 1.807) is 0 Å². The molecule has 0 amide bonds. The first-order valence-electron chi connectivity index (χ1n) is 4.98. The van der Waals surface area contributed by atoms with Crippen LogP contribution in [0.4, 0.5) is 0 Å². The number of rotatable bonds is 5. The number of carbonyl (C=O) groups excluding carboxylic acids is 2. The number of hydrogen-bond acceptors (Lipinski definition) is 6. The number of hydrogen-bond donors (Lipinski definition) is 0. The van der Waals surface area contributed by atoms with Crippen molar-refractivity contribution in [2.75, 3.05) is 0 Å². The quantitative estimate of drug-likeness (QED) is 0.311. The van der Waals surface area contributed by atoms with Crippen molar-refractivity contribution in [3.63, 3.8) is 0 Å². The molecule has 0 aliphatic rings. The average Bonchev–Trinajstić information content (AvgIpc) is 2.13. The standard InChI is InChI=1S/C10H16O6.2BrH.2Mg/c1-5(2)15-9(13)7(11)8(12)10(14)16-6(3)4;;;;/h5-8H,1-4H3;2*1H;;/q-2;;;2*+2/p-2/t7-,8-;;;;/m1..../s1. The van der Waals surface area contributed by atoms with Crippen LogP contribution in [0.2, 0.25) is 0 Å². The Morgan fingerprint density at radius 2 is 0.950 bits per heavy atom. The van der Waals surface area contributed by atoms with Crippen LogP contribution in [0.25, 0.3) is 0 Å². The summed E-state index contributed by atoms with van der Waals surface area (Å²) in [5.41, 5.74) is 0. The Morgan fingerprint density at radius 1 is 0.750 bits per heavy atom. The first-order chi connectivity index (χ1) is 7.25. The molecule has 0 aromatic heterocycles. The van der Waals surface area contributed by atoms with Gasteiger partial charge in [0, 0.05) is 0 Å². The van der Waals surface area contributed by atoms with Crippen molar-refractivity contribution in [2.24, 2.45) is 0 Å². The summed E-state index contributed by atoms with van der Waals surface area (Å²) < 4.78 is 9.06. The monoisotopic (exact) mass is 438 g/mol. The van der Waals surface area contributed by atoms with Gasteiger partial charge in [-0.15, -0.1) is 0 Å². The summed E-state index contributed by atoms with van der Waals surface area (Å²) >= 11 is 0. The molecule has 0 heterocycles. The molecule has 2 atom stereocenters. The minimum absolute atomic E-state index is 0. The maximum absolute atomic E-state index is 11.2. The Balaban J connectivity index is -0.000000187. The van der Waals surface area contributed by atoms with Crippen LogP contribution in [0.1, 0.15) is 27.7 Å². The second kappa shape index (κ2) is 16.7. The summed E-state index contributed by atoms with van der Waals surface area (Å²) in [4.78, 5) is 22.1. The predicted molar refractivity (Wildman–Crippen MR) is 61.5 cm³/mol. The summed E-state index contributed by atoms with van der Waals surface area (Å²) in [7, 11) is 0. The van der Waals surface area contributed by atoms with Crippen LogP contribution in [-0.4, -0.2) is 82.5 Å². The van der Waals surface area contributed by atoms with Gasteiger partial charge in [-0.25, -0.2) is 0 Å². The normalized spacial score (nSPS) is 11.8. The molecule has 0 saturated heterocycles. The molecule has 0 unspecified atom stereocenters. The molecule has 0 saturated carbocycles. The largest absolute Gasteiger partial charge is 2.00 e. The zero-order valence-electron chi connectivity index (χ0n) is 11.9. The molecule has 10 heteroatoms. The molecular weight excluding hydrogens is 425 g/mol. The van der Waals surface area contributed by atoms with Gasteiger partial charge < -0.3 is 53.6 Å². The molecule has 0 aliphatic carbocycles. The topological polar surface area (TPSA) is 98.7 Å².